The highest BCUT2D eigenvalue weighted by Gasteiger charge is 2.15. The monoisotopic (exact) mass is 231 g/mol. The van der Waals surface area contributed by atoms with Crippen molar-refractivity contribution in [2.45, 2.75) is 27.2 Å². The Bertz CT molecular complexity index is 608. The maximum Gasteiger partial charge on any atom is 0.335 e. The summed E-state index contributed by atoms with van der Waals surface area (Å²) in [5, 5.41) is 10.2. The predicted molar refractivity (Wildman–Crippen MR) is 68.7 cm³/mol. The largest absolute Gasteiger partial charge is 0.478 e. The molecule has 2 aromatic rings. The van der Waals surface area contributed by atoms with E-state index in [1.165, 1.54) is 11.3 Å². The third-order valence-corrected chi connectivity index (χ3v) is 3.50. The fourth-order valence-electron chi connectivity index (χ4n) is 2.59. The number of aryl methyl sites for hydroxylation is 3. The summed E-state index contributed by atoms with van der Waals surface area (Å²) in [6.45, 7) is 6.15. The molecular formula is C14H17NO2. The zero-order valence-electron chi connectivity index (χ0n) is 10.7. The number of rotatable bonds is 2. The molecule has 1 aromatic heterocycles. The van der Waals surface area contributed by atoms with E-state index in [1.54, 1.807) is 12.1 Å². The molecule has 17 heavy (non-hydrogen) atoms. The van der Waals surface area contributed by atoms with Gasteiger partial charge in [0.05, 0.1) is 11.1 Å². The minimum atomic E-state index is -0.862. The molecule has 0 aliphatic carbocycles. The number of aromatic carboxylic acids is 1. The number of hydrogen-bond acceptors (Lipinski definition) is 1. The van der Waals surface area contributed by atoms with Gasteiger partial charge in [0.1, 0.15) is 0 Å². The number of aromatic nitrogens is 1. The van der Waals surface area contributed by atoms with E-state index in [9.17, 15) is 4.79 Å². The van der Waals surface area contributed by atoms with Gasteiger partial charge in [0.25, 0.3) is 0 Å². The lowest BCUT2D eigenvalue weighted by Crippen LogP contribution is -1.98. The lowest BCUT2D eigenvalue weighted by atomic mass is 10.0. The lowest BCUT2D eigenvalue weighted by molar-refractivity contribution is 0.0697. The maximum absolute atomic E-state index is 11.1. The molecule has 0 aliphatic rings. The normalized spacial score (nSPS) is 11.1. The number of carbonyl (C=O) groups is 1. The zero-order chi connectivity index (χ0) is 12.7. The third kappa shape index (κ3) is 1.62. The quantitative estimate of drug-likeness (QED) is 0.863. The molecule has 0 spiro atoms. The van der Waals surface area contributed by atoms with Crippen molar-refractivity contribution in [2.24, 2.45) is 7.05 Å². The van der Waals surface area contributed by atoms with Gasteiger partial charge in [-0.05, 0) is 43.5 Å². The first-order valence-corrected chi connectivity index (χ1v) is 5.79. The first-order chi connectivity index (χ1) is 7.97. The summed E-state index contributed by atoms with van der Waals surface area (Å²) in [7, 11) is 2.03. The van der Waals surface area contributed by atoms with Crippen LogP contribution in [0, 0.1) is 13.8 Å². The number of hydrogen-bond donors (Lipinski definition) is 1. The summed E-state index contributed by atoms with van der Waals surface area (Å²) in [5.41, 5.74) is 4.99. The Labute approximate surface area is 101 Å². The van der Waals surface area contributed by atoms with Crippen molar-refractivity contribution in [1.29, 1.82) is 0 Å². The van der Waals surface area contributed by atoms with E-state index in [0.29, 0.717) is 5.56 Å². The van der Waals surface area contributed by atoms with Crippen LogP contribution in [0.1, 0.15) is 34.1 Å². The second-order valence-corrected chi connectivity index (χ2v) is 4.47. The van der Waals surface area contributed by atoms with Crippen molar-refractivity contribution >= 4 is 16.9 Å². The number of carboxylic acid groups (broad SMARTS) is 1. The Hall–Kier alpha value is -1.77. The molecule has 0 saturated carbocycles. The number of benzene rings is 1. The van der Waals surface area contributed by atoms with Crippen LogP contribution in [0.2, 0.25) is 0 Å². The van der Waals surface area contributed by atoms with Gasteiger partial charge in [-0.15, -0.1) is 0 Å². The van der Waals surface area contributed by atoms with Crippen LogP contribution >= 0.6 is 0 Å². The molecule has 0 saturated heterocycles. The highest BCUT2D eigenvalue weighted by atomic mass is 16.4. The second kappa shape index (κ2) is 3.91. The van der Waals surface area contributed by atoms with Crippen molar-refractivity contribution in [3.63, 3.8) is 0 Å². The molecule has 2 rings (SSSR count). The SMILES string of the molecule is CCc1c(C)n(C)c2c(C)cc(C(=O)O)cc12. The standard InChI is InChI=1S/C14H17NO2/c1-5-11-9(3)15(4)13-8(2)6-10(14(16)17)7-12(11)13/h6-7H,5H2,1-4H3,(H,16,17). The molecule has 1 heterocycles. The van der Waals surface area contributed by atoms with Crippen molar-refractivity contribution in [3.8, 4) is 0 Å². The fraction of sp³-hybridized carbons (Fsp3) is 0.357. The van der Waals surface area contributed by atoms with E-state index in [0.717, 1.165) is 22.9 Å². The Morgan fingerprint density at radius 3 is 2.53 bits per heavy atom. The minimum Gasteiger partial charge on any atom is -0.478 e. The van der Waals surface area contributed by atoms with Crippen LogP contribution in [0.25, 0.3) is 10.9 Å². The molecule has 0 amide bonds. The molecule has 3 nitrogen and oxygen atoms in total. The summed E-state index contributed by atoms with van der Waals surface area (Å²) in [5.74, 6) is -0.862. The molecule has 0 fully saturated rings. The van der Waals surface area contributed by atoms with Crippen molar-refractivity contribution in [2.75, 3.05) is 0 Å². The van der Waals surface area contributed by atoms with E-state index >= 15 is 0 Å². The molecule has 1 N–H and O–H groups in total. The van der Waals surface area contributed by atoms with E-state index < -0.39 is 5.97 Å². The summed E-state index contributed by atoms with van der Waals surface area (Å²) < 4.78 is 2.15. The average molecular weight is 231 g/mol. The number of carboxylic acids is 1. The lowest BCUT2D eigenvalue weighted by Gasteiger charge is -2.04. The Balaban J connectivity index is 2.91. The van der Waals surface area contributed by atoms with Gasteiger partial charge in [0.2, 0.25) is 0 Å². The van der Waals surface area contributed by atoms with E-state index in [-0.39, 0.29) is 0 Å². The van der Waals surface area contributed by atoms with Gasteiger partial charge in [0.15, 0.2) is 0 Å². The topological polar surface area (TPSA) is 42.2 Å². The van der Waals surface area contributed by atoms with Gasteiger partial charge < -0.3 is 9.67 Å². The van der Waals surface area contributed by atoms with Crippen molar-refractivity contribution < 1.29 is 9.90 Å². The Morgan fingerprint density at radius 1 is 1.35 bits per heavy atom. The highest BCUT2D eigenvalue weighted by Crippen LogP contribution is 2.29. The van der Waals surface area contributed by atoms with Crippen LogP contribution in [-0.2, 0) is 13.5 Å². The van der Waals surface area contributed by atoms with Gasteiger partial charge in [-0.3, -0.25) is 0 Å². The molecule has 0 atom stereocenters. The minimum absolute atomic E-state index is 0.371. The fourth-order valence-corrected chi connectivity index (χ4v) is 2.59. The van der Waals surface area contributed by atoms with Gasteiger partial charge in [-0.2, -0.15) is 0 Å². The molecule has 3 heteroatoms. The van der Waals surface area contributed by atoms with Crippen LogP contribution < -0.4 is 0 Å². The molecule has 0 radical (unpaired) electrons. The molecule has 0 unspecified atom stereocenters. The number of nitrogens with zero attached hydrogens (tertiary/aromatic N) is 1. The van der Waals surface area contributed by atoms with Crippen LogP contribution in [-0.4, -0.2) is 15.6 Å². The summed E-state index contributed by atoms with van der Waals surface area (Å²) in [4.78, 5) is 11.1. The average Bonchev–Trinajstić information content (AvgIpc) is 2.51. The first kappa shape index (κ1) is 11.7. The molecule has 0 bridgehead atoms. The molecule has 90 valence electrons. The smallest absolute Gasteiger partial charge is 0.335 e. The van der Waals surface area contributed by atoms with Crippen LogP contribution in [0.4, 0.5) is 0 Å². The highest BCUT2D eigenvalue weighted by molar-refractivity contribution is 5.97. The summed E-state index contributed by atoms with van der Waals surface area (Å²) >= 11 is 0. The van der Waals surface area contributed by atoms with Crippen LogP contribution in [0.15, 0.2) is 12.1 Å². The first-order valence-electron chi connectivity index (χ1n) is 5.79. The van der Waals surface area contributed by atoms with E-state index in [2.05, 4.69) is 18.4 Å². The second-order valence-electron chi connectivity index (χ2n) is 4.47. The molecule has 0 aliphatic heterocycles. The van der Waals surface area contributed by atoms with Crippen molar-refractivity contribution in [3.05, 3.63) is 34.5 Å². The third-order valence-electron chi connectivity index (χ3n) is 3.50. The summed E-state index contributed by atoms with van der Waals surface area (Å²) in [6.07, 6.45) is 0.922. The summed E-state index contributed by atoms with van der Waals surface area (Å²) in [6, 6.07) is 3.53. The number of fused-ring (bicyclic) bond motifs is 1. The zero-order valence-corrected chi connectivity index (χ0v) is 10.7. The van der Waals surface area contributed by atoms with E-state index in [1.807, 2.05) is 14.0 Å². The van der Waals surface area contributed by atoms with Crippen LogP contribution in [0.5, 0.6) is 0 Å². The molecule has 1 aromatic carbocycles. The van der Waals surface area contributed by atoms with Gasteiger partial charge in [0, 0.05) is 18.1 Å². The molecular weight excluding hydrogens is 214 g/mol. The van der Waals surface area contributed by atoms with Crippen molar-refractivity contribution in [1.82, 2.24) is 4.57 Å². The van der Waals surface area contributed by atoms with Gasteiger partial charge in [-0.1, -0.05) is 6.92 Å². The maximum atomic E-state index is 11.1. The van der Waals surface area contributed by atoms with E-state index in [4.69, 9.17) is 5.11 Å². The van der Waals surface area contributed by atoms with Gasteiger partial charge >= 0.3 is 5.97 Å². The Kier molecular flexibility index (Phi) is 2.69. The Morgan fingerprint density at radius 2 is 2.00 bits per heavy atom. The van der Waals surface area contributed by atoms with Gasteiger partial charge in [-0.25, -0.2) is 4.79 Å². The van der Waals surface area contributed by atoms with Crippen LogP contribution in [0.3, 0.4) is 0 Å². The predicted octanol–water partition coefficient (Wildman–Crippen LogP) is 3.06.